The lowest BCUT2D eigenvalue weighted by Crippen LogP contribution is -2.51. The van der Waals surface area contributed by atoms with Crippen molar-refractivity contribution in [2.24, 2.45) is 40.4 Å². The molecule has 5 heteroatoms. The van der Waals surface area contributed by atoms with Crippen LogP contribution in [0.2, 0.25) is 0 Å². The molecule has 0 N–H and O–H groups in total. The number of unbranched alkanes of at least 4 members (excludes halogenated alkanes) is 7. The van der Waals surface area contributed by atoms with Crippen LogP contribution < -0.4 is 4.74 Å². The molecule has 4 aliphatic carbocycles. The van der Waals surface area contributed by atoms with Crippen LogP contribution in [0.4, 0.5) is 8.78 Å². The maximum absolute atomic E-state index is 14.9. The van der Waals surface area contributed by atoms with Crippen molar-refractivity contribution in [1.82, 2.24) is 0 Å². The number of hydrogen-bond donors (Lipinski definition) is 0. The zero-order valence-electron chi connectivity index (χ0n) is 29.6. The smallest absolute Gasteiger partial charge is 0.341 e. The largest absolute Gasteiger partial charge is 0.490 e. The molecule has 3 fully saturated rings. The molecule has 8 atom stereocenters. The summed E-state index contributed by atoms with van der Waals surface area (Å²) in [6, 6.07) is 2.65. The van der Waals surface area contributed by atoms with E-state index in [0.29, 0.717) is 24.4 Å². The second-order valence-electron chi connectivity index (χ2n) is 16.1. The standard InChI is InChI=1S/C41H62F2O3/c1-6-8-10-11-12-13-15-28(3)33-19-20-34-31-17-16-29-27-30(22-24-40(29,4)35(31)23-25-41(33,34)5)46-39(44)32-18-21-36(38(43)37(32)42)45-26-14-9-7-2/h16,18,21,28,30-31,33-35H,6-15,17,19-20,22-27H2,1-5H3/t28-,30+,31+,33-,34+,35+,40+,41-/m1/s1. The number of allylic oxidation sites excluding steroid dienone is 1. The SMILES string of the molecule is CCCCCCCC[C@@H](C)[C@H]1CC[C@H]2[C@@H]3CC=C4C[C@@H](OC(=O)c5ccc(OCCCCC)c(F)c5F)CC[C@]4(C)[C@H]3CC[C@]12C. The Morgan fingerprint density at radius 3 is 2.41 bits per heavy atom. The van der Waals surface area contributed by atoms with Crippen molar-refractivity contribution in [3.8, 4) is 5.75 Å². The highest BCUT2D eigenvalue weighted by molar-refractivity contribution is 5.90. The van der Waals surface area contributed by atoms with Gasteiger partial charge >= 0.3 is 5.97 Å². The zero-order valence-corrected chi connectivity index (χ0v) is 29.6. The third kappa shape index (κ3) is 7.24. The third-order valence-corrected chi connectivity index (χ3v) is 13.4. The summed E-state index contributed by atoms with van der Waals surface area (Å²) in [7, 11) is 0. The predicted octanol–water partition coefficient (Wildman–Crippen LogP) is 12.0. The van der Waals surface area contributed by atoms with Crippen molar-refractivity contribution in [3.05, 3.63) is 41.0 Å². The number of carbonyl (C=O) groups excluding carboxylic acids is 1. The van der Waals surface area contributed by atoms with Gasteiger partial charge in [0.2, 0.25) is 5.82 Å². The van der Waals surface area contributed by atoms with E-state index in [4.69, 9.17) is 9.47 Å². The van der Waals surface area contributed by atoms with Crippen LogP contribution in [0.1, 0.15) is 161 Å². The van der Waals surface area contributed by atoms with E-state index in [2.05, 4.69) is 40.7 Å². The Kier molecular flexibility index (Phi) is 12.0. The number of hydrogen-bond acceptors (Lipinski definition) is 3. The fourth-order valence-corrected chi connectivity index (χ4v) is 10.7. The molecule has 258 valence electrons. The van der Waals surface area contributed by atoms with Crippen molar-refractivity contribution in [3.63, 3.8) is 0 Å². The summed E-state index contributed by atoms with van der Waals surface area (Å²) < 4.78 is 40.9. The lowest BCUT2D eigenvalue weighted by atomic mass is 9.47. The Morgan fingerprint density at radius 2 is 1.63 bits per heavy atom. The molecule has 0 spiro atoms. The summed E-state index contributed by atoms with van der Waals surface area (Å²) in [4.78, 5) is 13.0. The van der Waals surface area contributed by atoms with Crippen molar-refractivity contribution < 1.29 is 23.0 Å². The molecule has 0 saturated heterocycles. The molecule has 4 aliphatic rings. The molecule has 3 nitrogen and oxygen atoms in total. The molecule has 0 bridgehead atoms. The molecular formula is C41H62F2O3. The lowest BCUT2D eigenvalue weighted by Gasteiger charge is -2.58. The highest BCUT2D eigenvalue weighted by atomic mass is 19.2. The maximum atomic E-state index is 14.9. The Morgan fingerprint density at radius 1 is 0.891 bits per heavy atom. The number of fused-ring (bicyclic) bond motifs is 5. The number of carbonyl (C=O) groups is 1. The Balaban J connectivity index is 1.18. The quantitative estimate of drug-likeness (QED) is 0.109. The Labute approximate surface area is 278 Å². The second-order valence-corrected chi connectivity index (χ2v) is 16.1. The molecule has 0 amide bonds. The number of esters is 1. The number of ether oxygens (including phenoxy) is 2. The molecule has 1 aromatic carbocycles. The van der Waals surface area contributed by atoms with E-state index < -0.39 is 17.6 Å². The Bertz CT molecular complexity index is 1210. The van der Waals surface area contributed by atoms with E-state index in [9.17, 15) is 13.6 Å². The van der Waals surface area contributed by atoms with Crippen LogP contribution in [0.5, 0.6) is 5.75 Å². The van der Waals surface area contributed by atoms with E-state index in [1.54, 1.807) is 0 Å². The highest BCUT2D eigenvalue weighted by Crippen LogP contribution is 2.67. The average Bonchev–Trinajstić information content (AvgIpc) is 3.40. The van der Waals surface area contributed by atoms with Gasteiger partial charge in [0.25, 0.3) is 0 Å². The second kappa shape index (κ2) is 15.5. The predicted molar refractivity (Wildman–Crippen MR) is 183 cm³/mol. The fourth-order valence-electron chi connectivity index (χ4n) is 10.7. The van der Waals surface area contributed by atoms with Gasteiger partial charge in [0.05, 0.1) is 12.2 Å². The van der Waals surface area contributed by atoms with Crippen LogP contribution >= 0.6 is 0 Å². The van der Waals surface area contributed by atoms with Gasteiger partial charge in [-0.2, -0.15) is 4.39 Å². The minimum absolute atomic E-state index is 0.142. The van der Waals surface area contributed by atoms with Crippen LogP contribution in [-0.2, 0) is 4.74 Å². The van der Waals surface area contributed by atoms with Gasteiger partial charge in [-0.05, 0) is 104 Å². The van der Waals surface area contributed by atoms with Gasteiger partial charge in [-0.3, -0.25) is 0 Å². The summed E-state index contributed by atoms with van der Waals surface area (Å²) in [5.74, 6) is 0.699. The van der Waals surface area contributed by atoms with Crippen LogP contribution in [0.3, 0.4) is 0 Å². The molecule has 0 aromatic heterocycles. The molecule has 46 heavy (non-hydrogen) atoms. The first-order valence-electron chi connectivity index (χ1n) is 19.1. The third-order valence-electron chi connectivity index (χ3n) is 13.4. The minimum atomic E-state index is -1.18. The summed E-state index contributed by atoms with van der Waals surface area (Å²) in [6.07, 6.45) is 23.6. The van der Waals surface area contributed by atoms with E-state index in [0.717, 1.165) is 62.2 Å². The maximum Gasteiger partial charge on any atom is 0.341 e. The molecule has 0 unspecified atom stereocenters. The molecule has 0 radical (unpaired) electrons. The zero-order chi connectivity index (χ0) is 32.9. The van der Waals surface area contributed by atoms with E-state index in [1.165, 1.54) is 88.3 Å². The van der Waals surface area contributed by atoms with Crippen LogP contribution in [0.15, 0.2) is 23.8 Å². The van der Waals surface area contributed by atoms with Crippen molar-refractivity contribution >= 4 is 5.97 Å². The van der Waals surface area contributed by atoms with Gasteiger partial charge in [-0.1, -0.05) is 104 Å². The van der Waals surface area contributed by atoms with Gasteiger partial charge in [-0.25, -0.2) is 9.18 Å². The first-order valence-corrected chi connectivity index (χ1v) is 19.1. The van der Waals surface area contributed by atoms with E-state index >= 15 is 0 Å². The van der Waals surface area contributed by atoms with Crippen LogP contribution in [0, 0.1) is 52.1 Å². The number of halogens is 2. The van der Waals surface area contributed by atoms with Crippen LogP contribution in [-0.4, -0.2) is 18.7 Å². The monoisotopic (exact) mass is 640 g/mol. The summed E-state index contributed by atoms with van der Waals surface area (Å²) in [5.41, 5.74) is 1.68. The number of benzene rings is 1. The van der Waals surface area contributed by atoms with E-state index in [1.807, 2.05) is 0 Å². The average molecular weight is 641 g/mol. The fraction of sp³-hybridized carbons (Fsp3) is 0.780. The van der Waals surface area contributed by atoms with Crippen molar-refractivity contribution in [2.75, 3.05) is 6.61 Å². The highest BCUT2D eigenvalue weighted by Gasteiger charge is 2.59. The van der Waals surface area contributed by atoms with E-state index in [-0.39, 0.29) is 22.8 Å². The minimum Gasteiger partial charge on any atom is -0.490 e. The lowest BCUT2D eigenvalue weighted by molar-refractivity contribution is -0.0594. The van der Waals surface area contributed by atoms with Gasteiger partial charge in [-0.15, -0.1) is 0 Å². The normalized spacial score (nSPS) is 32.6. The number of rotatable bonds is 15. The van der Waals surface area contributed by atoms with Crippen molar-refractivity contribution in [2.45, 2.75) is 156 Å². The van der Waals surface area contributed by atoms with Crippen molar-refractivity contribution in [1.29, 1.82) is 0 Å². The summed E-state index contributed by atoms with van der Waals surface area (Å²) in [6.45, 7) is 12.4. The van der Waals surface area contributed by atoms with Gasteiger partial charge in [0.15, 0.2) is 11.6 Å². The first kappa shape index (κ1) is 35.4. The summed E-state index contributed by atoms with van der Waals surface area (Å²) >= 11 is 0. The van der Waals surface area contributed by atoms with Gasteiger partial charge < -0.3 is 9.47 Å². The topological polar surface area (TPSA) is 35.5 Å². The molecule has 0 heterocycles. The molecule has 3 saturated carbocycles. The first-order chi connectivity index (χ1) is 22.1. The molecule has 1 aromatic rings. The van der Waals surface area contributed by atoms with Gasteiger partial charge in [0, 0.05) is 6.42 Å². The van der Waals surface area contributed by atoms with Crippen LogP contribution in [0.25, 0.3) is 0 Å². The summed E-state index contributed by atoms with van der Waals surface area (Å²) in [5, 5.41) is 0. The Hall–Kier alpha value is -1.91. The molecule has 0 aliphatic heterocycles. The van der Waals surface area contributed by atoms with Gasteiger partial charge in [0.1, 0.15) is 6.10 Å². The molecular weight excluding hydrogens is 578 g/mol. The molecule has 5 rings (SSSR count).